The van der Waals surface area contributed by atoms with Crippen molar-refractivity contribution in [3.63, 3.8) is 0 Å². The molecule has 0 rings (SSSR count). The molecule has 0 aliphatic carbocycles. The number of hydrogen-bond donors (Lipinski definition) is 1. The third-order valence-electron chi connectivity index (χ3n) is 0.530. The summed E-state index contributed by atoms with van der Waals surface area (Å²) in [6, 6.07) is 0. The zero-order valence-corrected chi connectivity index (χ0v) is 39.1. The van der Waals surface area contributed by atoms with Gasteiger partial charge < -0.3 is 10.3 Å². The first-order valence-electron chi connectivity index (χ1n) is 19.3. The average Bonchev–Trinajstić information content (AvgIpc) is 3.14. The van der Waals surface area contributed by atoms with Crippen LogP contribution in [0.5, 0.6) is 0 Å². The Morgan fingerprint density at radius 1 is 0.340 bits per heavy atom. The van der Waals surface area contributed by atoms with E-state index in [2.05, 4.69) is 32.5 Å². The van der Waals surface area contributed by atoms with Gasteiger partial charge in [-0.05, 0) is 13.3 Å². The van der Waals surface area contributed by atoms with Gasteiger partial charge in [0.15, 0.2) is 0 Å². The maximum absolute atomic E-state index is 6.74. The van der Waals surface area contributed by atoms with Crippen LogP contribution < -0.4 is 0 Å². The summed E-state index contributed by atoms with van der Waals surface area (Å²) in [6.07, 6.45) is 3.39. The van der Waals surface area contributed by atoms with Gasteiger partial charge in [-0.15, -0.1) is 0 Å². The molecule has 0 aromatic carbocycles. The van der Waals surface area contributed by atoms with Crippen molar-refractivity contribution in [2.45, 2.75) is 314 Å². The van der Waals surface area contributed by atoms with Gasteiger partial charge in [0, 0.05) is 5.71 Å². The van der Waals surface area contributed by atoms with Crippen LogP contribution in [-0.4, -0.2) is 12.8 Å². The summed E-state index contributed by atoms with van der Waals surface area (Å²) in [7, 11) is 1.42. The molecule has 2 heteroatoms. The first-order valence-corrected chi connectivity index (χ1v) is 19.3. The van der Waals surface area contributed by atoms with Gasteiger partial charge in [0.2, 0.25) is 7.05 Å². The van der Waals surface area contributed by atoms with Crippen molar-refractivity contribution in [2.75, 3.05) is 7.05 Å². The number of rotatable bonds is 1. The molecule has 0 unspecified atom stereocenters. The molecule has 0 aromatic rings. The third kappa shape index (κ3) is 74700. The van der Waals surface area contributed by atoms with Crippen LogP contribution in [0.25, 0.3) is 4.85 Å². The Morgan fingerprint density at radius 2 is 0.360 bits per heavy atom. The Labute approximate surface area is 342 Å². The van der Waals surface area contributed by atoms with Crippen molar-refractivity contribution in [3.8, 4) is 0 Å². The van der Waals surface area contributed by atoms with E-state index in [1.165, 1.54) is 19.9 Å². The van der Waals surface area contributed by atoms with Crippen molar-refractivity contribution in [3.05, 3.63) is 11.4 Å². The smallest absolute Gasteiger partial charge is 0.205 e. The lowest BCUT2D eigenvalue weighted by Crippen LogP contribution is -1.78. The molecule has 50 heavy (non-hydrogen) atoms. The molecule has 346 valence electrons. The van der Waals surface area contributed by atoms with Crippen LogP contribution >= 0.6 is 0 Å². The third-order valence-corrected chi connectivity index (χ3v) is 0.530. The van der Waals surface area contributed by atoms with Gasteiger partial charge >= 0.3 is 0 Å². The van der Waals surface area contributed by atoms with Gasteiger partial charge in [-0.1, -0.05) is 301 Å². The maximum Gasteiger partial charge on any atom is 0.205 e. The average molecular weight is 750 g/mol. The summed E-state index contributed by atoms with van der Waals surface area (Å²) in [5.41, 5.74) is 0.755. The Morgan fingerprint density at radius 3 is 0.360 bits per heavy atom. The van der Waals surface area contributed by atoms with E-state index in [9.17, 15) is 0 Å². The molecule has 0 aliphatic heterocycles. The molecule has 0 heterocycles. The molecule has 0 fully saturated rings. The second-order valence-corrected chi connectivity index (χ2v) is 2.77. The highest BCUT2D eigenvalue weighted by atomic mass is 14.5. The monoisotopic (exact) mass is 749 g/mol. The second-order valence-electron chi connectivity index (χ2n) is 2.77. The van der Waals surface area contributed by atoms with E-state index in [1.807, 2.05) is 201 Å². The zero-order chi connectivity index (χ0) is 40.4. The van der Waals surface area contributed by atoms with E-state index in [4.69, 9.17) is 12.0 Å². The Bertz CT molecular complexity index is 114. The predicted molar refractivity (Wildman–Crippen MR) is 281 cm³/mol. The minimum absolute atomic E-state index is 0. The van der Waals surface area contributed by atoms with Crippen LogP contribution in [0.4, 0.5) is 0 Å². The van der Waals surface area contributed by atoms with Crippen molar-refractivity contribution in [1.29, 1.82) is 5.41 Å². The fourth-order valence-corrected chi connectivity index (χ4v) is 0. The molecular weight excluding hydrogens is 605 g/mol. The lowest BCUT2D eigenvalue weighted by Gasteiger charge is -1.77. The van der Waals surface area contributed by atoms with Gasteiger partial charge in [-0.2, -0.15) is 0 Å². The lowest BCUT2D eigenvalue weighted by atomic mass is 10.3. The highest BCUT2D eigenvalue weighted by Gasteiger charge is 1.70. The van der Waals surface area contributed by atoms with Gasteiger partial charge in [-0.3, -0.25) is 0 Å². The van der Waals surface area contributed by atoms with Crippen LogP contribution in [0.15, 0.2) is 0 Å². The van der Waals surface area contributed by atoms with E-state index in [-0.39, 0.29) is 59.4 Å². The van der Waals surface area contributed by atoms with Crippen molar-refractivity contribution >= 4 is 5.71 Å². The largest absolute Gasteiger partial charge is 0.320 e. The summed E-state index contributed by atoms with van der Waals surface area (Å²) < 4.78 is 0. The van der Waals surface area contributed by atoms with E-state index in [0.717, 1.165) is 12.1 Å². The zero-order valence-electron chi connectivity index (χ0n) is 39.1. The maximum atomic E-state index is 6.74. The Balaban J connectivity index is -0.00000000508. The fourth-order valence-electron chi connectivity index (χ4n) is 0. The van der Waals surface area contributed by atoms with E-state index in [1.54, 1.807) is 6.92 Å². The standard InChI is InChI=1S/C4H9N.2C3H8.C2H3N.14C2H6.8CH4/c1-3-4(2)5;3*1-3-2;14*1-2;;;;;;;;/h5H,3H2,1-2H3;2*3H2,1-2H3;1H3;14*1-2H3;8*1H4. The Hall–Kier alpha value is -0.840. The second kappa shape index (κ2) is 2820. The molecule has 0 saturated heterocycles. The van der Waals surface area contributed by atoms with Gasteiger partial charge in [0.1, 0.15) is 0 Å². The summed E-state index contributed by atoms with van der Waals surface area (Å²) in [5, 5.41) is 6.74. The quantitative estimate of drug-likeness (QED) is 0.204. The number of nitrogens with one attached hydrogen (secondary N) is 1. The first kappa shape index (κ1) is 213. The molecule has 0 aromatic heterocycles. The van der Waals surface area contributed by atoms with Crippen molar-refractivity contribution in [1.82, 2.24) is 0 Å². The van der Waals surface area contributed by atoms with Gasteiger partial charge in [0.05, 0.1) is 0 Å². The minimum atomic E-state index is 0. The first-order chi connectivity index (χ1) is 20.5. The van der Waals surface area contributed by atoms with Crippen LogP contribution in [0.3, 0.4) is 0 Å². The van der Waals surface area contributed by atoms with Crippen molar-refractivity contribution in [2.24, 2.45) is 0 Å². The van der Waals surface area contributed by atoms with E-state index >= 15 is 0 Å². The van der Waals surface area contributed by atoms with Crippen molar-refractivity contribution < 1.29 is 0 Å². The topological polar surface area (TPSA) is 28.2 Å². The molecule has 1 N–H and O–H groups in total. The SMILES string of the molecule is C.C.C.C.C.C.C.C.CC.CC.CC.CC.CC.CC.CC.CC.CC.CC.CC.CC.CC.CC.CCC.CCC.CCC(C)=N.[C-]#[N+]C. The molecule has 0 aliphatic rings. The highest BCUT2D eigenvalue weighted by molar-refractivity contribution is 5.77. The fraction of sp³-hybridized carbons (Fsp3) is 0.958. The predicted octanol–water partition coefficient (Wildman–Crippen LogP) is 24.3. The molecular formula is C48H144N2. The van der Waals surface area contributed by atoms with Crippen LogP contribution in [-0.2, 0) is 0 Å². The molecule has 0 bridgehead atoms. The normalized spacial score (nSPS) is 3.32. The van der Waals surface area contributed by atoms with Crippen LogP contribution in [0, 0.1) is 12.0 Å². The molecule has 0 spiro atoms. The van der Waals surface area contributed by atoms with E-state index in [0.29, 0.717) is 0 Å². The summed E-state index contributed by atoms with van der Waals surface area (Å²) in [4.78, 5) is 2.75. The molecule has 0 saturated carbocycles. The lowest BCUT2D eigenvalue weighted by molar-refractivity contribution is 1.09. The molecule has 0 amide bonds. The van der Waals surface area contributed by atoms with Gasteiger partial charge in [0.25, 0.3) is 0 Å². The molecule has 0 radical (unpaired) electrons. The molecule has 0 atom stereocenters. The molecule has 2 nitrogen and oxygen atoms in total. The minimum Gasteiger partial charge on any atom is -0.320 e. The highest BCUT2D eigenvalue weighted by Crippen LogP contribution is 1.72. The Kier molecular flexibility index (Phi) is 12000. The summed E-state index contributed by atoms with van der Waals surface area (Å²) in [6.45, 7) is 74.1. The number of hydrogen-bond acceptors (Lipinski definition) is 1. The van der Waals surface area contributed by atoms with E-state index < -0.39 is 0 Å². The van der Waals surface area contributed by atoms with Crippen LogP contribution in [0.2, 0.25) is 0 Å². The summed E-state index contributed by atoms with van der Waals surface area (Å²) in [5.74, 6) is 0. The van der Waals surface area contributed by atoms with Crippen LogP contribution in [0.1, 0.15) is 314 Å². The number of nitrogens with zero attached hydrogens (tertiary/aromatic N) is 1. The summed E-state index contributed by atoms with van der Waals surface area (Å²) >= 11 is 0. The van der Waals surface area contributed by atoms with Gasteiger partial charge in [-0.25, -0.2) is 6.57 Å².